The zero-order valence-electron chi connectivity index (χ0n) is 17.5. The molecule has 0 radical (unpaired) electrons. The van der Waals surface area contributed by atoms with E-state index in [1.165, 1.54) is 67.6 Å². The average molecular weight is 372 g/mol. The molecule has 4 nitrogen and oxygen atoms in total. The molecule has 0 aromatic heterocycles. The van der Waals surface area contributed by atoms with Crippen LogP contribution in [0.5, 0.6) is 0 Å². The monoisotopic (exact) mass is 371 g/mol. The first-order valence-corrected chi connectivity index (χ1v) is 10.8. The van der Waals surface area contributed by atoms with Gasteiger partial charge in [-0.2, -0.15) is 0 Å². The third-order valence-corrected chi connectivity index (χ3v) is 6.33. The topological polar surface area (TPSA) is 35.6 Å². The summed E-state index contributed by atoms with van der Waals surface area (Å²) < 4.78 is 0. The van der Waals surface area contributed by atoms with Crippen LogP contribution in [0, 0.1) is 26.7 Å². The molecule has 1 aromatic carbocycles. The lowest BCUT2D eigenvalue weighted by atomic mass is 9.96. The van der Waals surface area contributed by atoms with Crippen molar-refractivity contribution >= 4 is 5.91 Å². The fourth-order valence-electron chi connectivity index (χ4n) is 4.85. The minimum atomic E-state index is 0.176. The van der Waals surface area contributed by atoms with Crippen LogP contribution in [-0.2, 0) is 11.2 Å². The molecule has 1 aromatic rings. The summed E-state index contributed by atoms with van der Waals surface area (Å²) in [7, 11) is 0. The van der Waals surface area contributed by atoms with E-state index in [2.05, 4.69) is 48.0 Å². The van der Waals surface area contributed by atoms with Gasteiger partial charge in [0.05, 0.1) is 6.54 Å². The summed E-state index contributed by atoms with van der Waals surface area (Å²) in [6, 6.07) is 4.47. The summed E-state index contributed by atoms with van der Waals surface area (Å²) in [6.07, 6.45) is 6.15. The molecule has 0 unspecified atom stereocenters. The smallest absolute Gasteiger partial charge is 0.234 e. The minimum absolute atomic E-state index is 0.176. The second kappa shape index (κ2) is 9.70. The molecule has 0 atom stereocenters. The largest absolute Gasteiger partial charge is 0.355 e. The number of rotatable bonds is 7. The number of nitrogens with zero attached hydrogens (tertiary/aromatic N) is 2. The highest BCUT2D eigenvalue weighted by Crippen LogP contribution is 2.20. The summed E-state index contributed by atoms with van der Waals surface area (Å²) >= 11 is 0. The highest BCUT2D eigenvalue weighted by Gasteiger charge is 2.23. The molecule has 2 aliphatic rings. The van der Waals surface area contributed by atoms with Crippen molar-refractivity contribution in [2.75, 3.05) is 45.8 Å². The number of likely N-dealkylation sites (tertiary alicyclic amines) is 2. The van der Waals surface area contributed by atoms with E-state index in [9.17, 15) is 4.79 Å². The zero-order valence-corrected chi connectivity index (χ0v) is 17.5. The third-order valence-electron chi connectivity index (χ3n) is 6.33. The lowest BCUT2D eigenvalue weighted by molar-refractivity contribution is -0.122. The summed E-state index contributed by atoms with van der Waals surface area (Å²) in [5.74, 6) is 1.00. The van der Waals surface area contributed by atoms with Crippen LogP contribution in [0.3, 0.4) is 0 Å². The Morgan fingerprint density at radius 2 is 1.63 bits per heavy atom. The Labute approximate surface area is 165 Å². The van der Waals surface area contributed by atoms with Crippen molar-refractivity contribution < 1.29 is 4.79 Å². The van der Waals surface area contributed by atoms with Crippen molar-refractivity contribution in [1.82, 2.24) is 15.1 Å². The minimum Gasteiger partial charge on any atom is -0.355 e. The summed E-state index contributed by atoms with van der Waals surface area (Å²) in [5, 5.41) is 3.13. The number of carbonyl (C=O) groups excluding carboxylic acids is 1. The van der Waals surface area contributed by atoms with Crippen LogP contribution in [0.4, 0.5) is 0 Å². The summed E-state index contributed by atoms with van der Waals surface area (Å²) in [5.41, 5.74) is 5.36. The Bertz CT molecular complexity index is 606. The van der Waals surface area contributed by atoms with E-state index < -0.39 is 0 Å². The number of aryl methyl sites for hydroxylation is 3. The standard InChI is InChI=1S/C23H37N3O/c1-18-14-19(2)22(20(3)15-18)6-9-24-23(27)17-26-12-7-21(8-13-26)16-25-10-4-5-11-25/h14-15,21H,4-13,16-17H2,1-3H3,(H,24,27). The van der Waals surface area contributed by atoms with Gasteiger partial charge in [0.25, 0.3) is 0 Å². The molecule has 1 N–H and O–H groups in total. The van der Waals surface area contributed by atoms with E-state index in [0.29, 0.717) is 6.54 Å². The van der Waals surface area contributed by atoms with Crippen molar-refractivity contribution in [3.8, 4) is 0 Å². The van der Waals surface area contributed by atoms with E-state index in [1.807, 2.05) is 0 Å². The molecule has 1 amide bonds. The van der Waals surface area contributed by atoms with Crippen molar-refractivity contribution in [2.45, 2.75) is 52.9 Å². The maximum Gasteiger partial charge on any atom is 0.234 e. The van der Waals surface area contributed by atoms with Gasteiger partial charge < -0.3 is 10.2 Å². The lowest BCUT2D eigenvalue weighted by Gasteiger charge is -2.33. The van der Waals surface area contributed by atoms with Crippen molar-refractivity contribution in [1.29, 1.82) is 0 Å². The molecular weight excluding hydrogens is 334 g/mol. The fourth-order valence-corrected chi connectivity index (χ4v) is 4.85. The molecule has 3 rings (SSSR count). The second-order valence-electron chi connectivity index (χ2n) is 8.70. The third kappa shape index (κ3) is 6.05. The molecular formula is C23H37N3O. The van der Waals surface area contributed by atoms with Gasteiger partial charge in [0.2, 0.25) is 5.91 Å². The van der Waals surface area contributed by atoms with E-state index in [1.54, 1.807) is 0 Å². The van der Waals surface area contributed by atoms with Gasteiger partial charge in [-0.15, -0.1) is 0 Å². The first-order chi connectivity index (χ1) is 13.0. The van der Waals surface area contributed by atoms with Gasteiger partial charge >= 0.3 is 0 Å². The molecule has 0 spiro atoms. The fraction of sp³-hybridized carbons (Fsp3) is 0.696. The van der Waals surface area contributed by atoms with Crippen LogP contribution in [-0.4, -0.2) is 61.5 Å². The highest BCUT2D eigenvalue weighted by atomic mass is 16.2. The number of benzene rings is 1. The Balaban J connectivity index is 1.34. The lowest BCUT2D eigenvalue weighted by Crippen LogP contribution is -2.43. The van der Waals surface area contributed by atoms with E-state index in [-0.39, 0.29) is 5.91 Å². The molecule has 4 heteroatoms. The predicted molar refractivity (Wildman–Crippen MR) is 112 cm³/mol. The van der Waals surface area contributed by atoms with Crippen molar-refractivity contribution in [3.63, 3.8) is 0 Å². The van der Waals surface area contributed by atoms with E-state index in [4.69, 9.17) is 0 Å². The number of carbonyl (C=O) groups is 1. The van der Waals surface area contributed by atoms with Crippen molar-refractivity contribution in [3.05, 3.63) is 34.4 Å². The average Bonchev–Trinajstić information content (AvgIpc) is 3.12. The van der Waals surface area contributed by atoms with Crippen LogP contribution < -0.4 is 5.32 Å². The zero-order chi connectivity index (χ0) is 19.2. The maximum absolute atomic E-state index is 12.3. The number of nitrogens with one attached hydrogen (secondary N) is 1. The molecule has 2 saturated heterocycles. The number of amides is 1. The summed E-state index contributed by atoms with van der Waals surface area (Å²) in [4.78, 5) is 17.3. The van der Waals surface area contributed by atoms with E-state index in [0.717, 1.165) is 32.0 Å². The number of piperidine rings is 1. The molecule has 27 heavy (non-hydrogen) atoms. The Hall–Kier alpha value is -1.39. The second-order valence-corrected chi connectivity index (χ2v) is 8.70. The molecule has 0 bridgehead atoms. The van der Waals surface area contributed by atoms with Crippen LogP contribution in [0.15, 0.2) is 12.1 Å². The first-order valence-electron chi connectivity index (χ1n) is 10.8. The normalized spacial score (nSPS) is 19.5. The highest BCUT2D eigenvalue weighted by molar-refractivity contribution is 5.78. The van der Waals surface area contributed by atoms with Gasteiger partial charge in [0.15, 0.2) is 0 Å². The number of hydrogen-bond donors (Lipinski definition) is 1. The molecule has 150 valence electrons. The van der Waals surface area contributed by atoms with Crippen LogP contribution in [0.2, 0.25) is 0 Å². The SMILES string of the molecule is Cc1cc(C)c(CCNC(=O)CN2CCC(CN3CCCC3)CC2)c(C)c1. The van der Waals surface area contributed by atoms with Gasteiger partial charge in [0, 0.05) is 13.1 Å². The van der Waals surface area contributed by atoms with Gasteiger partial charge in [-0.05, 0) is 102 Å². The molecule has 2 heterocycles. The van der Waals surface area contributed by atoms with Crippen LogP contribution in [0.25, 0.3) is 0 Å². The Kier molecular flexibility index (Phi) is 7.31. The van der Waals surface area contributed by atoms with Crippen LogP contribution in [0.1, 0.15) is 47.9 Å². The quantitative estimate of drug-likeness (QED) is 0.800. The van der Waals surface area contributed by atoms with E-state index >= 15 is 0 Å². The van der Waals surface area contributed by atoms with Gasteiger partial charge in [-0.25, -0.2) is 0 Å². The predicted octanol–water partition coefficient (Wildman–Crippen LogP) is 3.08. The van der Waals surface area contributed by atoms with Gasteiger partial charge in [0.1, 0.15) is 0 Å². The van der Waals surface area contributed by atoms with Crippen LogP contribution >= 0.6 is 0 Å². The van der Waals surface area contributed by atoms with Gasteiger partial charge in [-0.1, -0.05) is 17.7 Å². The van der Waals surface area contributed by atoms with Crippen molar-refractivity contribution in [2.24, 2.45) is 5.92 Å². The molecule has 0 saturated carbocycles. The maximum atomic E-state index is 12.3. The first kappa shape index (κ1) is 20.3. The molecule has 2 fully saturated rings. The van der Waals surface area contributed by atoms with Gasteiger partial charge in [-0.3, -0.25) is 9.69 Å². The Morgan fingerprint density at radius 3 is 2.26 bits per heavy atom. The molecule has 2 aliphatic heterocycles. The Morgan fingerprint density at radius 1 is 1.00 bits per heavy atom. The molecule has 0 aliphatic carbocycles. The summed E-state index contributed by atoms with van der Waals surface area (Å²) in [6.45, 7) is 13.8. The number of hydrogen-bond acceptors (Lipinski definition) is 3.